The van der Waals surface area contributed by atoms with Gasteiger partial charge in [-0.05, 0) is 0 Å². The van der Waals surface area contributed by atoms with Crippen molar-refractivity contribution in [2.24, 2.45) is 0 Å². The zero-order valence-electron chi connectivity index (χ0n) is 4.46. The van der Waals surface area contributed by atoms with Gasteiger partial charge in [0.1, 0.15) is 5.69 Å². The van der Waals surface area contributed by atoms with Crippen molar-refractivity contribution < 1.29 is 4.79 Å². The van der Waals surface area contributed by atoms with Crippen molar-refractivity contribution in [1.29, 1.82) is 0 Å². The molecular weight excluding hydrogens is 138 g/mol. The van der Waals surface area contributed by atoms with E-state index in [4.69, 9.17) is 0 Å². The maximum absolute atomic E-state index is 10.6. The molecule has 0 bridgehead atoms. The summed E-state index contributed by atoms with van der Waals surface area (Å²) in [5.74, 6) is -0.282. The van der Waals surface area contributed by atoms with Gasteiger partial charge in [0.2, 0.25) is 0 Å². The first kappa shape index (κ1) is 6.15. The Morgan fingerprint density at radius 3 is 3.11 bits per heavy atom. The minimum absolute atomic E-state index is 0.282. The number of aromatic nitrogens is 2. The van der Waals surface area contributed by atoms with Crippen molar-refractivity contribution in [2.45, 2.75) is 0 Å². The number of H-pyrrole nitrogens is 1. The molecule has 0 saturated heterocycles. The molecule has 0 aliphatic heterocycles. The molecule has 9 heavy (non-hydrogen) atoms. The van der Waals surface area contributed by atoms with E-state index in [-0.39, 0.29) is 5.91 Å². The monoisotopic (exact) mass is 143 g/mol. The molecule has 1 rings (SSSR count). The third-order valence-electron chi connectivity index (χ3n) is 0.844. The predicted molar refractivity (Wildman–Crippen MR) is 35.0 cm³/mol. The Labute approximate surface area is 57.2 Å². The predicted octanol–water partition coefficient (Wildman–Crippen LogP) is -0.0157. The number of nitrogens with one attached hydrogen (secondary N) is 2. The molecule has 0 aliphatic rings. The first-order chi connectivity index (χ1) is 4.34. The van der Waals surface area contributed by atoms with Crippen LogP contribution in [0.4, 0.5) is 0 Å². The highest BCUT2D eigenvalue weighted by Crippen LogP contribution is 1.89. The Morgan fingerprint density at radius 2 is 2.67 bits per heavy atom. The number of imidazole rings is 1. The lowest BCUT2D eigenvalue weighted by atomic mass is 10.5. The number of rotatable bonds is 1. The summed E-state index contributed by atoms with van der Waals surface area (Å²) in [6, 6.07) is 0. The molecule has 4 nitrogen and oxygen atoms in total. The summed E-state index contributed by atoms with van der Waals surface area (Å²) in [4.78, 5) is 16.9. The zero-order valence-corrected chi connectivity index (χ0v) is 5.35. The first-order valence-electron chi connectivity index (χ1n) is 2.27. The van der Waals surface area contributed by atoms with Gasteiger partial charge in [0.15, 0.2) is 0 Å². The van der Waals surface area contributed by atoms with Crippen molar-refractivity contribution >= 4 is 18.7 Å². The normalized spacial score (nSPS) is 9.00. The third kappa shape index (κ3) is 1.23. The maximum atomic E-state index is 10.6. The molecule has 5 heteroatoms. The second-order valence-electron chi connectivity index (χ2n) is 1.41. The van der Waals surface area contributed by atoms with Crippen molar-refractivity contribution in [3.63, 3.8) is 0 Å². The van der Waals surface area contributed by atoms with Crippen molar-refractivity contribution in [2.75, 3.05) is 0 Å². The number of amides is 1. The molecule has 48 valence electrons. The van der Waals surface area contributed by atoms with E-state index in [1.54, 1.807) is 0 Å². The van der Waals surface area contributed by atoms with Crippen LogP contribution in [0.15, 0.2) is 12.5 Å². The van der Waals surface area contributed by atoms with Gasteiger partial charge in [0.25, 0.3) is 5.91 Å². The zero-order chi connectivity index (χ0) is 6.69. The Bertz CT molecular complexity index is 196. The van der Waals surface area contributed by atoms with E-state index < -0.39 is 0 Å². The van der Waals surface area contributed by atoms with E-state index in [1.165, 1.54) is 12.5 Å². The van der Waals surface area contributed by atoms with Gasteiger partial charge in [-0.2, -0.15) is 0 Å². The number of aromatic amines is 1. The Hall–Kier alpha value is -0.970. The quantitative estimate of drug-likeness (QED) is 0.484. The highest BCUT2D eigenvalue weighted by Gasteiger charge is 2.01. The van der Waals surface area contributed by atoms with Gasteiger partial charge in [-0.1, -0.05) is 12.8 Å². The lowest BCUT2D eigenvalue weighted by Gasteiger charge is -1.89. The van der Waals surface area contributed by atoms with Crippen LogP contribution < -0.4 is 4.72 Å². The highest BCUT2D eigenvalue weighted by molar-refractivity contribution is 7.78. The minimum atomic E-state index is -0.282. The van der Waals surface area contributed by atoms with Gasteiger partial charge in [0.05, 0.1) is 12.5 Å². The Balaban J connectivity index is 2.77. The molecular formula is C4H5N3OS. The van der Waals surface area contributed by atoms with Crippen LogP contribution >= 0.6 is 12.8 Å². The lowest BCUT2D eigenvalue weighted by molar-refractivity contribution is 0.0981. The fourth-order valence-corrected chi connectivity index (χ4v) is 0.561. The van der Waals surface area contributed by atoms with Crippen LogP contribution in [0.5, 0.6) is 0 Å². The summed E-state index contributed by atoms with van der Waals surface area (Å²) in [5.41, 5.74) is 0.407. The molecule has 0 spiro atoms. The van der Waals surface area contributed by atoms with Crippen LogP contribution in [-0.2, 0) is 0 Å². The van der Waals surface area contributed by atoms with E-state index in [9.17, 15) is 4.79 Å². The highest BCUT2D eigenvalue weighted by atomic mass is 32.1. The second kappa shape index (κ2) is 2.54. The average molecular weight is 143 g/mol. The van der Waals surface area contributed by atoms with Crippen LogP contribution in [0, 0.1) is 0 Å². The van der Waals surface area contributed by atoms with Crippen molar-refractivity contribution in [1.82, 2.24) is 14.7 Å². The van der Waals surface area contributed by atoms with E-state index >= 15 is 0 Å². The Kier molecular flexibility index (Phi) is 1.74. The van der Waals surface area contributed by atoms with Gasteiger partial charge in [0, 0.05) is 0 Å². The smallest absolute Gasteiger partial charge is 0.278 e. The van der Waals surface area contributed by atoms with Crippen LogP contribution in [0.2, 0.25) is 0 Å². The number of thiol groups is 1. The molecule has 0 aromatic carbocycles. The standard InChI is InChI=1S/C4H5N3OS/c8-4(7-9)3-1-5-2-6-3/h1-2,9H,(H,5,6)(H,7,8). The van der Waals surface area contributed by atoms with Crippen molar-refractivity contribution in [3.05, 3.63) is 18.2 Å². The number of hydrogen-bond donors (Lipinski definition) is 3. The molecule has 0 atom stereocenters. The molecule has 0 fully saturated rings. The molecule has 0 radical (unpaired) electrons. The summed E-state index contributed by atoms with van der Waals surface area (Å²) in [6.07, 6.45) is 2.85. The molecule has 1 aromatic heterocycles. The van der Waals surface area contributed by atoms with Crippen LogP contribution in [0.25, 0.3) is 0 Å². The van der Waals surface area contributed by atoms with Gasteiger partial charge in [-0.3, -0.25) is 9.52 Å². The maximum Gasteiger partial charge on any atom is 0.278 e. The third-order valence-corrected chi connectivity index (χ3v) is 1.05. The molecule has 1 aromatic rings. The lowest BCUT2D eigenvalue weighted by Crippen LogP contribution is -2.12. The SMILES string of the molecule is O=C(NS)c1cnc[nH]1. The molecule has 0 saturated carbocycles. The van der Waals surface area contributed by atoms with Gasteiger partial charge >= 0.3 is 0 Å². The average Bonchev–Trinajstić information content (AvgIpc) is 2.37. The van der Waals surface area contributed by atoms with Gasteiger partial charge in [-0.25, -0.2) is 4.98 Å². The van der Waals surface area contributed by atoms with E-state index in [1.807, 2.05) is 0 Å². The largest absolute Gasteiger partial charge is 0.341 e. The minimum Gasteiger partial charge on any atom is -0.341 e. The molecule has 1 heterocycles. The second-order valence-corrected chi connectivity index (χ2v) is 1.63. The molecule has 0 unspecified atom stereocenters. The fourth-order valence-electron chi connectivity index (χ4n) is 0.440. The fraction of sp³-hybridized carbons (Fsp3) is 0. The number of carbonyl (C=O) groups excluding carboxylic acids is 1. The number of carbonyl (C=O) groups is 1. The first-order valence-corrected chi connectivity index (χ1v) is 2.72. The number of nitrogens with zero attached hydrogens (tertiary/aromatic N) is 1. The molecule has 2 N–H and O–H groups in total. The molecule has 0 aliphatic carbocycles. The van der Waals surface area contributed by atoms with Gasteiger partial charge in [-0.15, -0.1) is 0 Å². The van der Waals surface area contributed by atoms with E-state index in [0.717, 1.165) is 0 Å². The summed E-state index contributed by atoms with van der Waals surface area (Å²) in [5, 5.41) is 0. The van der Waals surface area contributed by atoms with E-state index in [0.29, 0.717) is 5.69 Å². The van der Waals surface area contributed by atoms with Crippen LogP contribution in [0.3, 0.4) is 0 Å². The topological polar surface area (TPSA) is 57.8 Å². The summed E-state index contributed by atoms with van der Waals surface area (Å²) >= 11 is 3.55. The van der Waals surface area contributed by atoms with Crippen LogP contribution in [-0.4, -0.2) is 15.9 Å². The van der Waals surface area contributed by atoms with Crippen LogP contribution in [0.1, 0.15) is 10.5 Å². The summed E-state index contributed by atoms with van der Waals surface area (Å²) in [7, 11) is 0. The van der Waals surface area contributed by atoms with Gasteiger partial charge < -0.3 is 4.98 Å². The number of hydrogen-bond acceptors (Lipinski definition) is 3. The summed E-state index contributed by atoms with van der Waals surface area (Å²) in [6.45, 7) is 0. The molecule has 1 amide bonds. The summed E-state index contributed by atoms with van der Waals surface area (Å²) < 4.78 is 2.15. The Morgan fingerprint density at radius 1 is 1.89 bits per heavy atom. The van der Waals surface area contributed by atoms with Crippen molar-refractivity contribution in [3.8, 4) is 0 Å². The van der Waals surface area contributed by atoms with E-state index in [2.05, 4.69) is 27.5 Å².